The fourth-order valence-electron chi connectivity index (χ4n) is 3.52. The molecule has 0 spiro atoms. The molecule has 1 fully saturated rings. The van der Waals surface area contributed by atoms with Gasteiger partial charge >= 0.3 is 0 Å². The van der Waals surface area contributed by atoms with Crippen LogP contribution in [0.25, 0.3) is 0 Å². The maximum Gasteiger partial charge on any atom is 0.245 e. The van der Waals surface area contributed by atoms with Crippen molar-refractivity contribution < 1.29 is 19.1 Å². The van der Waals surface area contributed by atoms with Crippen molar-refractivity contribution >= 4 is 39.6 Å². The van der Waals surface area contributed by atoms with Gasteiger partial charge in [-0.25, -0.2) is 5.43 Å². The Labute approximate surface area is 196 Å². The zero-order valence-corrected chi connectivity index (χ0v) is 20.1. The van der Waals surface area contributed by atoms with Gasteiger partial charge in [0.15, 0.2) is 11.5 Å². The van der Waals surface area contributed by atoms with Crippen LogP contribution in [0.2, 0.25) is 0 Å². The highest BCUT2D eigenvalue weighted by Crippen LogP contribution is 2.36. The average Bonchev–Trinajstić information content (AvgIpc) is 3.18. The van der Waals surface area contributed by atoms with Crippen LogP contribution in [0.15, 0.2) is 46.0 Å². The molecule has 1 N–H and O–H groups in total. The van der Waals surface area contributed by atoms with Gasteiger partial charge in [-0.2, -0.15) is 5.10 Å². The van der Waals surface area contributed by atoms with Gasteiger partial charge in [-0.3, -0.25) is 9.59 Å². The third-order valence-electron chi connectivity index (χ3n) is 5.16. The number of rotatable bonds is 9. The van der Waals surface area contributed by atoms with Gasteiger partial charge in [0.2, 0.25) is 11.8 Å². The molecular weight excluding hydrogens is 474 g/mol. The second-order valence-corrected chi connectivity index (χ2v) is 8.21. The molecular formula is C24H28BrN3O4. The summed E-state index contributed by atoms with van der Waals surface area (Å²) in [6.07, 6.45) is 2.65. The Morgan fingerprint density at radius 2 is 1.91 bits per heavy atom. The number of hydrogen-bond donors (Lipinski definition) is 1. The van der Waals surface area contributed by atoms with E-state index < -0.39 is 5.92 Å². The zero-order valence-electron chi connectivity index (χ0n) is 18.6. The molecule has 2 aromatic rings. The number of nitrogens with one attached hydrogen (secondary N) is 1. The normalized spacial score (nSPS) is 15.9. The minimum Gasteiger partial charge on any atom is -0.490 e. The van der Waals surface area contributed by atoms with Gasteiger partial charge in [-0.15, -0.1) is 0 Å². The standard InChI is InChI=1S/C24H28BrN3O4/c1-4-16-7-9-19(10-8-16)28-15-18(13-22(28)29)24(30)27-26-14-17-11-20(25)23(32-6-3)21(12-17)31-5-2/h7-12,14,18H,4-6,13,15H2,1-3H3,(H,27,30)/b26-14+/t18-/m0/s1. The molecule has 1 heterocycles. The van der Waals surface area contributed by atoms with E-state index in [2.05, 4.69) is 33.4 Å². The lowest BCUT2D eigenvalue weighted by atomic mass is 10.1. The van der Waals surface area contributed by atoms with E-state index in [-0.39, 0.29) is 18.2 Å². The smallest absolute Gasteiger partial charge is 0.245 e. The van der Waals surface area contributed by atoms with Crippen molar-refractivity contribution in [3.05, 3.63) is 52.0 Å². The quantitative estimate of drug-likeness (QED) is 0.410. The molecule has 0 bridgehead atoms. The molecule has 1 aliphatic rings. The van der Waals surface area contributed by atoms with E-state index in [9.17, 15) is 9.59 Å². The molecule has 32 heavy (non-hydrogen) atoms. The predicted octanol–water partition coefficient (Wildman–Crippen LogP) is 4.31. The Bertz CT molecular complexity index is 991. The summed E-state index contributed by atoms with van der Waals surface area (Å²) in [5.74, 6) is 0.443. The SMILES string of the molecule is CCOc1cc(/C=N/NC(=O)[C@H]2CC(=O)N(c3ccc(CC)cc3)C2)cc(Br)c1OCC. The van der Waals surface area contributed by atoms with E-state index in [4.69, 9.17) is 9.47 Å². The number of amides is 2. The Morgan fingerprint density at radius 3 is 2.56 bits per heavy atom. The van der Waals surface area contributed by atoms with Crippen molar-refractivity contribution in [2.24, 2.45) is 11.0 Å². The van der Waals surface area contributed by atoms with Crippen molar-refractivity contribution in [1.29, 1.82) is 0 Å². The molecule has 1 saturated heterocycles. The van der Waals surface area contributed by atoms with Crippen LogP contribution in [0.1, 0.15) is 38.3 Å². The van der Waals surface area contributed by atoms with Crippen LogP contribution >= 0.6 is 15.9 Å². The van der Waals surface area contributed by atoms with Gasteiger partial charge in [0.05, 0.1) is 29.8 Å². The van der Waals surface area contributed by atoms with Crippen LogP contribution in [-0.2, 0) is 16.0 Å². The maximum atomic E-state index is 12.6. The third-order valence-corrected chi connectivity index (χ3v) is 5.75. The van der Waals surface area contributed by atoms with Crippen molar-refractivity contribution in [2.75, 3.05) is 24.7 Å². The van der Waals surface area contributed by atoms with E-state index in [1.54, 1.807) is 17.2 Å². The zero-order chi connectivity index (χ0) is 23.1. The predicted molar refractivity (Wildman–Crippen MR) is 128 cm³/mol. The first kappa shape index (κ1) is 23.8. The monoisotopic (exact) mass is 501 g/mol. The number of aryl methyl sites for hydroxylation is 1. The first-order chi connectivity index (χ1) is 15.5. The number of benzene rings is 2. The number of hydrogen-bond acceptors (Lipinski definition) is 5. The second-order valence-electron chi connectivity index (χ2n) is 7.36. The lowest BCUT2D eigenvalue weighted by molar-refractivity contribution is -0.126. The van der Waals surface area contributed by atoms with Gasteiger partial charge in [0.25, 0.3) is 0 Å². The van der Waals surface area contributed by atoms with Crippen LogP contribution in [0.5, 0.6) is 11.5 Å². The van der Waals surface area contributed by atoms with Crippen LogP contribution < -0.4 is 19.8 Å². The molecule has 8 heteroatoms. The fourth-order valence-corrected chi connectivity index (χ4v) is 4.09. The molecule has 170 valence electrons. The highest BCUT2D eigenvalue weighted by Gasteiger charge is 2.35. The molecule has 7 nitrogen and oxygen atoms in total. The summed E-state index contributed by atoms with van der Waals surface area (Å²) >= 11 is 3.49. The highest BCUT2D eigenvalue weighted by atomic mass is 79.9. The second kappa shape index (κ2) is 11.1. The van der Waals surface area contributed by atoms with E-state index in [1.807, 2.05) is 44.2 Å². The Kier molecular flexibility index (Phi) is 8.27. The molecule has 1 atom stereocenters. The van der Waals surface area contributed by atoms with Crippen molar-refractivity contribution in [3.63, 3.8) is 0 Å². The largest absolute Gasteiger partial charge is 0.490 e. The van der Waals surface area contributed by atoms with Crippen LogP contribution in [0.3, 0.4) is 0 Å². The molecule has 0 radical (unpaired) electrons. The van der Waals surface area contributed by atoms with Gasteiger partial charge in [0, 0.05) is 18.7 Å². The number of halogens is 1. The first-order valence-electron chi connectivity index (χ1n) is 10.8. The summed E-state index contributed by atoms with van der Waals surface area (Å²) in [6.45, 7) is 7.24. The lowest BCUT2D eigenvalue weighted by Crippen LogP contribution is -2.30. The minimum atomic E-state index is -0.448. The Balaban J connectivity index is 1.63. The number of nitrogens with zero attached hydrogens (tertiary/aromatic N) is 2. The average molecular weight is 502 g/mol. The molecule has 0 saturated carbocycles. The van der Waals surface area contributed by atoms with E-state index in [1.165, 1.54) is 5.56 Å². The van der Waals surface area contributed by atoms with Gasteiger partial charge in [0.1, 0.15) is 0 Å². The highest BCUT2D eigenvalue weighted by molar-refractivity contribution is 9.10. The maximum absolute atomic E-state index is 12.6. The number of carbonyl (C=O) groups is 2. The first-order valence-corrected chi connectivity index (χ1v) is 11.6. The van der Waals surface area contributed by atoms with Crippen molar-refractivity contribution in [1.82, 2.24) is 5.43 Å². The van der Waals surface area contributed by atoms with Crippen LogP contribution in [0, 0.1) is 5.92 Å². The molecule has 0 aliphatic carbocycles. The summed E-state index contributed by atoms with van der Waals surface area (Å²) in [4.78, 5) is 26.7. The van der Waals surface area contributed by atoms with Crippen LogP contribution in [0.4, 0.5) is 5.69 Å². The Morgan fingerprint density at radius 1 is 1.19 bits per heavy atom. The summed E-state index contributed by atoms with van der Waals surface area (Å²) < 4.78 is 12.0. The van der Waals surface area contributed by atoms with Gasteiger partial charge < -0.3 is 14.4 Å². The van der Waals surface area contributed by atoms with Crippen LogP contribution in [-0.4, -0.2) is 37.8 Å². The molecule has 3 rings (SSSR count). The minimum absolute atomic E-state index is 0.0600. The van der Waals surface area contributed by atoms with E-state index >= 15 is 0 Å². The van der Waals surface area contributed by atoms with Crippen molar-refractivity contribution in [3.8, 4) is 11.5 Å². The fraction of sp³-hybridized carbons (Fsp3) is 0.375. The summed E-state index contributed by atoms with van der Waals surface area (Å²) in [7, 11) is 0. The number of hydrazone groups is 1. The molecule has 0 aromatic heterocycles. The van der Waals surface area contributed by atoms with Gasteiger partial charge in [-0.1, -0.05) is 19.1 Å². The Hall–Kier alpha value is -2.87. The number of ether oxygens (including phenoxy) is 2. The topological polar surface area (TPSA) is 80.2 Å². The molecule has 2 amide bonds. The van der Waals surface area contributed by atoms with E-state index in [0.29, 0.717) is 31.3 Å². The molecule has 2 aromatic carbocycles. The summed E-state index contributed by atoms with van der Waals surface area (Å²) in [5, 5.41) is 4.08. The molecule has 0 unspecified atom stereocenters. The number of carbonyl (C=O) groups excluding carboxylic acids is 2. The molecule has 1 aliphatic heterocycles. The third kappa shape index (κ3) is 5.68. The lowest BCUT2D eigenvalue weighted by Gasteiger charge is -2.16. The number of anilines is 1. The summed E-state index contributed by atoms with van der Waals surface area (Å²) in [5.41, 5.74) is 5.32. The van der Waals surface area contributed by atoms with E-state index in [0.717, 1.165) is 22.1 Å². The van der Waals surface area contributed by atoms with Gasteiger partial charge in [-0.05, 0) is 71.6 Å². The van der Waals surface area contributed by atoms with Crippen molar-refractivity contribution in [2.45, 2.75) is 33.6 Å². The summed E-state index contributed by atoms with van der Waals surface area (Å²) in [6, 6.07) is 11.5.